The first-order valence-electron chi connectivity index (χ1n) is 8.37. The van der Waals surface area contributed by atoms with E-state index in [1.807, 2.05) is 10.6 Å². The van der Waals surface area contributed by atoms with Crippen LogP contribution in [0, 0.1) is 11.8 Å². The van der Waals surface area contributed by atoms with E-state index in [2.05, 4.69) is 11.0 Å². The number of piperidine rings is 1. The Labute approximate surface area is 130 Å². The molecule has 22 heavy (non-hydrogen) atoms. The van der Waals surface area contributed by atoms with Crippen molar-refractivity contribution >= 4 is 0 Å². The highest BCUT2D eigenvalue weighted by Crippen LogP contribution is 2.35. The molecule has 3 aliphatic rings. The Hall–Kier alpha value is -1.17. The smallest absolute Gasteiger partial charge is 0.250 e. The lowest BCUT2D eigenvalue weighted by Gasteiger charge is -2.43. The minimum Gasteiger partial charge on any atom is -0.379 e. The number of nitrogens with zero attached hydrogens (tertiary/aromatic N) is 2. The van der Waals surface area contributed by atoms with Gasteiger partial charge in [-0.2, -0.15) is 0 Å². The van der Waals surface area contributed by atoms with Crippen LogP contribution in [0.5, 0.6) is 0 Å². The molecule has 1 aromatic rings. The summed E-state index contributed by atoms with van der Waals surface area (Å²) in [5, 5.41) is 0. The van der Waals surface area contributed by atoms with Crippen LogP contribution in [0.2, 0.25) is 0 Å². The third-order valence-corrected chi connectivity index (χ3v) is 5.15. The number of ether oxygens (including phenoxy) is 2. The average molecular weight is 304 g/mol. The molecule has 3 aliphatic heterocycles. The fourth-order valence-corrected chi connectivity index (χ4v) is 4.28. The van der Waals surface area contributed by atoms with Crippen LogP contribution in [0.15, 0.2) is 23.0 Å². The van der Waals surface area contributed by atoms with Crippen LogP contribution in [-0.2, 0) is 16.0 Å². The molecule has 0 N–H and O–H groups in total. The Morgan fingerprint density at radius 1 is 1.09 bits per heavy atom. The fourth-order valence-electron chi connectivity index (χ4n) is 4.28. The van der Waals surface area contributed by atoms with E-state index in [1.54, 1.807) is 6.07 Å². The summed E-state index contributed by atoms with van der Waals surface area (Å²) in [6, 6.07) is 5.71. The molecule has 0 aromatic carbocycles. The summed E-state index contributed by atoms with van der Waals surface area (Å²) in [6.07, 6.45) is 1.22. The van der Waals surface area contributed by atoms with Gasteiger partial charge in [-0.25, -0.2) is 0 Å². The van der Waals surface area contributed by atoms with Crippen LogP contribution < -0.4 is 5.56 Å². The molecular weight excluding hydrogens is 280 g/mol. The Balaban J connectivity index is 1.47. The van der Waals surface area contributed by atoms with Crippen molar-refractivity contribution in [1.29, 1.82) is 0 Å². The number of aromatic nitrogens is 1. The standard InChI is InChI=1S/C17H24N2O3/c20-17-3-1-2-16-15-6-13(9-19(16)17)7-18(10-15)8-14-11-21-4-5-22-12-14/h1-3,13-15H,4-12H2/t13-,15+/m0/s1. The van der Waals surface area contributed by atoms with E-state index in [0.717, 1.165) is 52.6 Å². The fraction of sp³-hybridized carbons (Fsp3) is 0.706. The molecule has 1 aromatic heterocycles. The van der Waals surface area contributed by atoms with Gasteiger partial charge in [0.25, 0.3) is 5.56 Å². The first-order valence-corrected chi connectivity index (χ1v) is 8.37. The number of rotatable bonds is 2. The van der Waals surface area contributed by atoms with Gasteiger partial charge in [-0.15, -0.1) is 0 Å². The molecule has 4 heterocycles. The maximum absolute atomic E-state index is 12.0. The van der Waals surface area contributed by atoms with Gasteiger partial charge in [-0.05, 0) is 18.4 Å². The van der Waals surface area contributed by atoms with Gasteiger partial charge < -0.3 is 18.9 Å². The van der Waals surface area contributed by atoms with Crippen molar-refractivity contribution in [3.05, 3.63) is 34.2 Å². The van der Waals surface area contributed by atoms with Gasteiger partial charge in [0.2, 0.25) is 0 Å². The predicted octanol–water partition coefficient (Wildman–Crippen LogP) is 0.930. The summed E-state index contributed by atoms with van der Waals surface area (Å²) in [5.74, 6) is 1.56. The molecule has 0 unspecified atom stereocenters. The Kier molecular flexibility index (Phi) is 4.03. The van der Waals surface area contributed by atoms with E-state index in [9.17, 15) is 4.79 Å². The van der Waals surface area contributed by atoms with Crippen LogP contribution in [0.3, 0.4) is 0 Å². The van der Waals surface area contributed by atoms with Crippen molar-refractivity contribution in [2.75, 3.05) is 46.1 Å². The average Bonchev–Trinajstić information content (AvgIpc) is 2.77. The number of pyridine rings is 1. The summed E-state index contributed by atoms with van der Waals surface area (Å²) < 4.78 is 13.2. The lowest BCUT2D eigenvalue weighted by molar-refractivity contribution is 0.0648. The third kappa shape index (κ3) is 2.85. The largest absolute Gasteiger partial charge is 0.379 e. The van der Waals surface area contributed by atoms with Crippen molar-refractivity contribution in [2.45, 2.75) is 18.9 Å². The molecule has 5 heteroatoms. The van der Waals surface area contributed by atoms with Crippen molar-refractivity contribution < 1.29 is 9.47 Å². The molecule has 2 bridgehead atoms. The van der Waals surface area contributed by atoms with Crippen molar-refractivity contribution in [3.8, 4) is 0 Å². The van der Waals surface area contributed by atoms with E-state index < -0.39 is 0 Å². The SMILES string of the molecule is O=c1cccc2n1C[C@H]1C[C@@H]2CN(CC2COCCOC2)C1. The zero-order valence-electron chi connectivity index (χ0n) is 12.9. The first-order chi connectivity index (χ1) is 10.8. The Morgan fingerprint density at radius 3 is 2.73 bits per heavy atom. The molecule has 2 saturated heterocycles. The van der Waals surface area contributed by atoms with Gasteiger partial charge in [0.1, 0.15) is 0 Å². The monoisotopic (exact) mass is 304 g/mol. The lowest BCUT2D eigenvalue weighted by Crippen LogP contribution is -2.48. The normalized spacial score (nSPS) is 29.8. The highest BCUT2D eigenvalue weighted by molar-refractivity contribution is 5.16. The lowest BCUT2D eigenvalue weighted by atomic mass is 9.83. The second-order valence-corrected chi connectivity index (χ2v) is 6.93. The maximum Gasteiger partial charge on any atom is 0.250 e. The topological polar surface area (TPSA) is 43.7 Å². The molecular formula is C17H24N2O3. The van der Waals surface area contributed by atoms with E-state index >= 15 is 0 Å². The van der Waals surface area contributed by atoms with Crippen molar-refractivity contribution in [2.24, 2.45) is 11.8 Å². The van der Waals surface area contributed by atoms with E-state index in [-0.39, 0.29) is 5.56 Å². The summed E-state index contributed by atoms with van der Waals surface area (Å²) >= 11 is 0. The van der Waals surface area contributed by atoms with Gasteiger partial charge in [-0.3, -0.25) is 4.79 Å². The van der Waals surface area contributed by atoms with Crippen LogP contribution in [0.4, 0.5) is 0 Å². The van der Waals surface area contributed by atoms with Gasteiger partial charge in [0, 0.05) is 49.8 Å². The molecule has 0 aliphatic carbocycles. The number of hydrogen-bond acceptors (Lipinski definition) is 4. The van der Waals surface area contributed by atoms with Gasteiger partial charge in [0.05, 0.1) is 26.4 Å². The molecule has 0 amide bonds. The molecule has 0 saturated carbocycles. The zero-order valence-corrected chi connectivity index (χ0v) is 12.9. The van der Waals surface area contributed by atoms with E-state index in [1.165, 1.54) is 12.1 Å². The highest BCUT2D eigenvalue weighted by Gasteiger charge is 2.35. The minimum atomic E-state index is 0.159. The van der Waals surface area contributed by atoms with E-state index in [0.29, 0.717) is 17.8 Å². The van der Waals surface area contributed by atoms with Crippen LogP contribution in [0.1, 0.15) is 18.0 Å². The molecule has 2 atom stereocenters. The second-order valence-electron chi connectivity index (χ2n) is 6.93. The van der Waals surface area contributed by atoms with Gasteiger partial charge >= 0.3 is 0 Å². The van der Waals surface area contributed by atoms with Crippen LogP contribution in [-0.4, -0.2) is 55.5 Å². The summed E-state index contributed by atoms with van der Waals surface area (Å²) in [4.78, 5) is 14.6. The first kappa shape index (κ1) is 14.4. The van der Waals surface area contributed by atoms with E-state index in [4.69, 9.17) is 9.47 Å². The zero-order chi connectivity index (χ0) is 14.9. The molecule has 2 fully saturated rings. The minimum absolute atomic E-state index is 0.159. The van der Waals surface area contributed by atoms with Crippen LogP contribution in [0.25, 0.3) is 0 Å². The number of fused-ring (bicyclic) bond motifs is 4. The second kappa shape index (κ2) is 6.14. The maximum atomic E-state index is 12.0. The van der Waals surface area contributed by atoms with Gasteiger partial charge in [0.15, 0.2) is 0 Å². The summed E-state index contributed by atoms with van der Waals surface area (Å²) in [7, 11) is 0. The third-order valence-electron chi connectivity index (χ3n) is 5.15. The quantitative estimate of drug-likeness (QED) is 0.815. The molecule has 0 spiro atoms. The number of likely N-dealkylation sites (tertiary alicyclic amines) is 1. The molecule has 0 radical (unpaired) electrons. The molecule has 5 nitrogen and oxygen atoms in total. The molecule has 4 rings (SSSR count). The summed E-state index contributed by atoms with van der Waals surface area (Å²) in [5.41, 5.74) is 1.38. The van der Waals surface area contributed by atoms with Crippen molar-refractivity contribution in [1.82, 2.24) is 9.47 Å². The number of hydrogen-bond donors (Lipinski definition) is 0. The van der Waals surface area contributed by atoms with Crippen molar-refractivity contribution in [3.63, 3.8) is 0 Å². The highest BCUT2D eigenvalue weighted by atomic mass is 16.5. The van der Waals surface area contributed by atoms with Crippen LogP contribution >= 0.6 is 0 Å². The predicted molar refractivity (Wildman–Crippen MR) is 83.1 cm³/mol. The summed E-state index contributed by atoms with van der Waals surface area (Å²) in [6.45, 7) is 7.12. The Morgan fingerprint density at radius 2 is 1.91 bits per heavy atom. The van der Waals surface area contributed by atoms with Gasteiger partial charge in [-0.1, -0.05) is 6.07 Å². The molecule has 120 valence electrons. The Bertz CT molecular complexity index is 578.